The van der Waals surface area contributed by atoms with Gasteiger partial charge in [0.25, 0.3) is 0 Å². The summed E-state index contributed by atoms with van der Waals surface area (Å²) in [5.74, 6) is 0.707. The molecule has 2 aliphatic heterocycles. The van der Waals surface area contributed by atoms with Gasteiger partial charge in [-0.1, -0.05) is 6.07 Å². The molecule has 0 unspecified atom stereocenters. The minimum atomic E-state index is 0.685. The highest BCUT2D eigenvalue weighted by Gasteiger charge is 2.24. The Hall–Kier alpha value is -2.71. The van der Waals surface area contributed by atoms with Gasteiger partial charge in [-0.05, 0) is 12.1 Å². The predicted octanol–water partition coefficient (Wildman–Crippen LogP) is 1.69. The summed E-state index contributed by atoms with van der Waals surface area (Å²) >= 11 is 0. The number of fused-ring (bicyclic) bond motifs is 1. The molecule has 0 aliphatic carbocycles. The number of hydrogen-bond acceptors (Lipinski definition) is 7. The Bertz CT molecular complexity index is 895. The molecule has 2 aliphatic rings. The number of H-pyrrole nitrogens is 1. The van der Waals surface area contributed by atoms with Crippen molar-refractivity contribution in [2.45, 2.75) is 0 Å². The summed E-state index contributed by atoms with van der Waals surface area (Å²) in [4.78, 5) is 21.5. The van der Waals surface area contributed by atoms with E-state index in [1.807, 2.05) is 6.20 Å². The van der Waals surface area contributed by atoms with E-state index in [1.54, 1.807) is 6.33 Å². The van der Waals surface area contributed by atoms with Gasteiger partial charge in [0.05, 0.1) is 55.9 Å². The molecule has 0 spiro atoms. The summed E-state index contributed by atoms with van der Waals surface area (Å²) in [6, 6.07) is 6.43. The fourth-order valence-electron chi connectivity index (χ4n) is 3.75. The number of rotatable bonds is 3. The molecule has 2 saturated heterocycles. The monoisotopic (exact) mass is 366 g/mol. The highest BCUT2D eigenvalue weighted by atomic mass is 16.5. The second-order valence-electron chi connectivity index (χ2n) is 6.70. The number of benzene rings is 1. The van der Waals surface area contributed by atoms with Gasteiger partial charge in [0.1, 0.15) is 5.52 Å². The summed E-state index contributed by atoms with van der Waals surface area (Å²) in [7, 11) is 0. The topological polar surface area (TPSA) is 79.4 Å². The molecule has 3 aromatic rings. The zero-order valence-electron chi connectivity index (χ0n) is 15.1. The van der Waals surface area contributed by atoms with E-state index in [9.17, 15) is 0 Å². The number of anilines is 2. The molecule has 2 fully saturated rings. The van der Waals surface area contributed by atoms with Crippen LogP contribution in [0.1, 0.15) is 0 Å². The van der Waals surface area contributed by atoms with E-state index in [0.717, 1.165) is 75.1 Å². The second-order valence-corrected chi connectivity index (χ2v) is 6.70. The van der Waals surface area contributed by atoms with Gasteiger partial charge in [0.2, 0.25) is 0 Å². The molecule has 0 atom stereocenters. The SMILES string of the molecule is c1cc(N2CCOCC2)c(-c2ncc3[nH]cnc3n2)c(N2CCOCC2)c1. The van der Waals surface area contributed by atoms with Crippen LogP contribution in [0, 0.1) is 0 Å². The first-order valence-electron chi connectivity index (χ1n) is 9.35. The summed E-state index contributed by atoms with van der Waals surface area (Å²) in [5.41, 5.74) is 4.89. The zero-order valence-corrected chi connectivity index (χ0v) is 15.1. The summed E-state index contributed by atoms with van der Waals surface area (Å²) in [5, 5.41) is 0. The Labute approximate surface area is 157 Å². The Balaban J connectivity index is 1.66. The van der Waals surface area contributed by atoms with Crippen LogP contribution in [-0.2, 0) is 9.47 Å². The maximum absolute atomic E-state index is 5.55. The Morgan fingerprint density at radius 1 is 0.852 bits per heavy atom. The van der Waals surface area contributed by atoms with Gasteiger partial charge in [0.15, 0.2) is 11.5 Å². The van der Waals surface area contributed by atoms with Crippen molar-refractivity contribution in [2.24, 2.45) is 0 Å². The minimum absolute atomic E-state index is 0.685. The van der Waals surface area contributed by atoms with Gasteiger partial charge in [-0.2, -0.15) is 0 Å². The van der Waals surface area contributed by atoms with Crippen LogP contribution in [-0.4, -0.2) is 72.5 Å². The van der Waals surface area contributed by atoms with Gasteiger partial charge < -0.3 is 24.3 Å². The van der Waals surface area contributed by atoms with Crippen molar-refractivity contribution < 1.29 is 9.47 Å². The molecular weight excluding hydrogens is 344 g/mol. The Morgan fingerprint density at radius 3 is 2.11 bits per heavy atom. The summed E-state index contributed by atoms with van der Waals surface area (Å²) in [6.07, 6.45) is 3.46. The Kier molecular flexibility index (Phi) is 4.35. The number of nitrogens with one attached hydrogen (secondary N) is 1. The van der Waals surface area contributed by atoms with Gasteiger partial charge in [-0.25, -0.2) is 15.0 Å². The lowest BCUT2D eigenvalue weighted by Gasteiger charge is -2.34. The third kappa shape index (κ3) is 3.11. The highest BCUT2D eigenvalue weighted by molar-refractivity contribution is 5.88. The summed E-state index contributed by atoms with van der Waals surface area (Å²) < 4.78 is 11.1. The maximum atomic E-state index is 5.55. The normalized spacial score (nSPS) is 18.2. The molecule has 2 aromatic heterocycles. The van der Waals surface area contributed by atoms with Crippen LogP contribution in [0.2, 0.25) is 0 Å². The second kappa shape index (κ2) is 7.13. The first-order valence-corrected chi connectivity index (χ1v) is 9.35. The number of hydrogen-bond donors (Lipinski definition) is 1. The molecule has 5 rings (SSSR count). The fourth-order valence-corrected chi connectivity index (χ4v) is 3.75. The largest absolute Gasteiger partial charge is 0.378 e. The van der Waals surface area contributed by atoms with Gasteiger partial charge >= 0.3 is 0 Å². The van der Waals surface area contributed by atoms with Gasteiger partial charge in [0, 0.05) is 26.2 Å². The number of imidazole rings is 1. The molecule has 27 heavy (non-hydrogen) atoms. The van der Waals surface area contributed by atoms with Crippen molar-refractivity contribution >= 4 is 22.5 Å². The van der Waals surface area contributed by atoms with Crippen molar-refractivity contribution in [1.82, 2.24) is 19.9 Å². The highest BCUT2D eigenvalue weighted by Crippen LogP contribution is 2.38. The molecule has 1 N–H and O–H groups in total. The van der Waals surface area contributed by atoms with Gasteiger partial charge in [-0.15, -0.1) is 0 Å². The lowest BCUT2D eigenvalue weighted by atomic mass is 10.1. The molecule has 8 heteroatoms. The van der Waals surface area contributed by atoms with Crippen molar-refractivity contribution in [3.8, 4) is 11.4 Å². The molecule has 140 valence electrons. The van der Waals surface area contributed by atoms with Crippen LogP contribution in [0.15, 0.2) is 30.7 Å². The van der Waals surface area contributed by atoms with Crippen molar-refractivity contribution in [3.63, 3.8) is 0 Å². The van der Waals surface area contributed by atoms with Crippen molar-refractivity contribution in [2.75, 3.05) is 62.4 Å². The molecule has 0 saturated carbocycles. The molecule has 4 heterocycles. The minimum Gasteiger partial charge on any atom is -0.378 e. The first-order chi connectivity index (χ1) is 13.4. The average Bonchev–Trinajstić information content (AvgIpc) is 3.22. The summed E-state index contributed by atoms with van der Waals surface area (Å²) in [6.45, 7) is 6.41. The molecule has 0 bridgehead atoms. The fraction of sp³-hybridized carbons (Fsp3) is 0.421. The number of morpholine rings is 2. The van der Waals surface area contributed by atoms with Crippen molar-refractivity contribution in [3.05, 3.63) is 30.7 Å². The lowest BCUT2D eigenvalue weighted by molar-refractivity contribution is 0.122. The van der Waals surface area contributed by atoms with E-state index < -0.39 is 0 Å². The smallest absolute Gasteiger partial charge is 0.181 e. The average molecular weight is 366 g/mol. The Morgan fingerprint density at radius 2 is 1.48 bits per heavy atom. The van der Waals surface area contributed by atoms with E-state index in [1.165, 1.54) is 0 Å². The quantitative estimate of drug-likeness (QED) is 0.756. The van der Waals surface area contributed by atoms with Crippen LogP contribution >= 0.6 is 0 Å². The van der Waals surface area contributed by atoms with E-state index in [-0.39, 0.29) is 0 Å². The first kappa shape index (κ1) is 16.5. The van der Waals surface area contributed by atoms with E-state index >= 15 is 0 Å². The van der Waals surface area contributed by atoms with Crippen molar-refractivity contribution in [1.29, 1.82) is 0 Å². The van der Waals surface area contributed by atoms with Crippen LogP contribution in [0.5, 0.6) is 0 Å². The van der Waals surface area contributed by atoms with Crippen LogP contribution in [0.3, 0.4) is 0 Å². The standard InChI is InChI=1S/C19H22N6O2/c1-2-15(24-4-8-26-9-5-24)17(16(3-1)25-6-10-27-11-7-25)19-20-12-14-18(23-19)22-13-21-14/h1-3,12-13H,4-11H2,(H,20,21,22,23). The molecule has 1 aromatic carbocycles. The molecule has 0 amide bonds. The number of aromatic amines is 1. The van der Waals surface area contributed by atoms with Crippen LogP contribution < -0.4 is 9.80 Å². The number of ether oxygens (including phenoxy) is 2. The third-order valence-electron chi connectivity index (χ3n) is 5.12. The predicted molar refractivity (Wildman–Crippen MR) is 103 cm³/mol. The zero-order chi connectivity index (χ0) is 18.1. The maximum Gasteiger partial charge on any atom is 0.181 e. The molecular formula is C19H22N6O2. The van der Waals surface area contributed by atoms with E-state index in [4.69, 9.17) is 14.5 Å². The molecule has 0 radical (unpaired) electrons. The van der Waals surface area contributed by atoms with Crippen LogP contribution in [0.4, 0.5) is 11.4 Å². The van der Waals surface area contributed by atoms with Gasteiger partial charge in [-0.3, -0.25) is 0 Å². The lowest BCUT2D eigenvalue weighted by Crippen LogP contribution is -2.38. The van der Waals surface area contributed by atoms with E-state index in [0.29, 0.717) is 11.5 Å². The third-order valence-corrected chi connectivity index (χ3v) is 5.12. The number of aromatic nitrogens is 4. The van der Waals surface area contributed by atoms with E-state index in [2.05, 4.69) is 43.0 Å². The number of nitrogens with zero attached hydrogens (tertiary/aromatic N) is 5. The molecule has 8 nitrogen and oxygen atoms in total. The van der Waals surface area contributed by atoms with Crippen LogP contribution in [0.25, 0.3) is 22.6 Å².